The van der Waals surface area contributed by atoms with Gasteiger partial charge in [-0.2, -0.15) is 0 Å². The van der Waals surface area contributed by atoms with E-state index in [0.717, 1.165) is 30.5 Å². The molecule has 1 aliphatic rings. The standard InChI is InChI=1S/C18H25NO2/c1-14(2)16-4-3-12-19(13-11-16)17-8-5-15(6-9-17)7-10-18(20)21/h5-10,14,16H,3-4,11-13H2,1-2H3,(H,20,21). The van der Waals surface area contributed by atoms with Crippen molar-refractivity contribution in [1.82, 2.24) is 0 Å². The fourth-order valence-corrected chi connectivity index (χ4v) is 3.01. The summed E-state index contributed by atoms with van der Waals surface area (Å²) in [6.45, 7) is 6.88. The lowest BCUT2D eigenvalue weighted by Crippen LogP contribution is -2.24. The summed E-state index contributed by atoms with van der Waals surface area (Å²) in [5, 5.41) is 8.64. The average Bonchev–Trinajstić information content (AvgIpc) is 2.71. The van der Waals surface area contributed by atoms with Crippen molar-refractivity contribution in [2.75, 3.05) is 18.0 Å². The average molecular weight is 287 g/mol. The molecule has 1 aromatic carbocycles. The van der Waals surface area contributed by atoms with Gasteiger partial charge in [-0.3, -0.25) is 0 Å². The van der Waals surface area contributed by atoms with Gasteiger partial charge in [-0.05, 0) is 54.9 Å². The fraction of sp³-hybridized carbons (Fsp3) is 0.500. The molecule has 3 heteroatoms. The van der Waals surface area contributed by atoms with E-state index in [0.29, 0.717) is 0 Å². The lowest BCUT2D eigenvalue weighted by atomic mass is 9.89. The Kier molecular flexibility index (Phi) is 5.43. The second-order valence-electron chi connectivity index (χ2n) is 6.19. The highest BCUT2D eigenvalue weighted by atomic mass is 16.4. The van der Waals surface area contributed by atoms with E-state index in [2.05, 4.69) is 30.9 Å². The summed E-state index contributed by atoms with van der Waals surface area (Å²) < 4.78 is 0. The summed E-state index contributed by atoms with van der Waals surface area (Å²) in [6, 6.07) is 8.16. The van der Waals surface area contributed by atoms with Crippen molar-refractivity contribution >= 4 is 17.7 Å². The minimum absolute atomic E-state index is 0.772. The van der Waals surface area contributed by atoms with Crippen LogP contribution in [-0.2, 0) is 4.79 Å². The van der Waals surface area contributed by atoms with Crippen molar-refractivity contribution < 1.29 is 9.90 Å². The first kappa shape index (κ1) is 15.6. The zero-order valence-corrected chi connectivity index (χ0v) is 13.0. The number of rotatable bonds is 4. The van der Waals surface area contributed by atoms with Gasteiger partial charge in [-0.25, -0.2) is 4.79 Å². The van der Waals surface area contributed by atoms with Gasteiger partial charge in [0.05, 0.1) is 0 Å². The highest BCUT2D eigenvalue weighted by Gasteiger charge is 2.19. The zero-order chi connectivity index (χ0) is 15.2. The molecule has 1 atom stereocenters. The molecule has 1 aliphatic heterocycles. The molecule has 0 aliphatic carbocycles. The number of aliphatic carboxylic acids is 1. The van der Waals surface area contributed by atoms with Gasteiger partial charge in [0.2, 0.25) is 0 Å². The summed E-state index contributed by atoms with van der Waals surface area (Å²) in [5.74, 6) is 0.701. The molecule has 1 heterocycles. The minimum Gasteiger partial charge on any atom is -0.478 e. The molecule has 0 bridgehead atoms. The molecule has 1 unspecified atom stereocenters. The molecule has 0 saturated carbocycles. The van der Waals surface area contributed by atoms with E-state index in [1.807, 2.05) is 12.1 Å². The molecule has 114 valence electrons. The lowest BCUT2D eigenvalue weighted by molar-refractivity contribution is -0.131. The fourth-order valence-electron chi connectivity index (χ4n) is 3.01. The first-order valence-corrected chi connectivity index (χ1v) is 7.82. The quantitative estimate of drug-likeness (QED) is 0.849. The SMILES string of the molecule is CC(C)C1CCCN(c2ccc(C=CC(=O)O)cc2)CC1. The van der Waals surface area contributed by atoms with Crippen LogP contribution in [0, 0.1) is 11.8 Å². The van der Waals surface area contributed by atoms with Crippen LogP contribution in [0.2, 0.25) is 0 Å². The van der Waals surface area contributed by atoms with Crippen LogP contribution in [0.4, 0.5) is 5.69 Å². The molecular weight excluding hydrogens is 262 g/mol. The molecule has 0 spiro atoms. The second-order valence-corrected chi connectivity index (χ2v) is 6.19. The Hall–Kier alpha value is -1.77. The van der Waals surface area contributed by atoms with Crippen LogP contribution in [0.1, 0.15) is 38.7 Å². The number of nitrogens with zero attached hydrogens (tertiary/aromatic N) is 1. The predicted octanol–water partition coefficient (Wildman–Crippen LogP) is 4.05. The van der Waals surface area contributed by atoms with Gasteiger partial charge in [0.1, 0.15) is 0 Å². The van der Waals surface area contributed by atoms with Gasteiger partial charge in [-0.15, -0.1) is 0 Å². The molecule has 0 amide bonds. The number of carboxylic acid groups (broad SMARTS) is 1. The summed E-state index contributed by atoms with van der Waals surface area (Å²) in [7, 11) is 0. The molecule has 1 aromatic rings. The maximum atomic E-state index is 10.5. The zero-order valence-electron chi connectivity index (χ0n) is 13.0. The van der Waals surface area contributed by atoms with Crippen LogP contribution in [-0.4, -0.2) is 24.2 Å². The van der Waals surface area contributed by atoms with Crippen molar-refractivity contribution in [2.24, 2.45) is 11.8 Å². The lowest BCUT2D eigenvalue weighted by Gasteiger charge is -2.23. The Balaban J connectivity index is 2.00. The Morgan fingerprint density at radius 1 is 1.24 bits per heavy atom. The molecule has 21 heavy (non-hydrogen) atoms. The maximum Gasteiger partial charge on any atom is 0.328 e. The third kappa shape index (κ3) is 4.62. The first-order valence-electron chi connectivity index (χ1n) is 7.82. The Labute approximate surface area is 127 Å². The highest BCUT2D eigenvalue weighted by molar-refractivity contribution is 5.85. The van der Waals surface area contributed by atoms with Crippen molar-refractivity contribution in [3.63, 3.8) is 0 Å². The third-order valence-electron chi connectivity index (χ3n) is 4.39. The Morgan fingerprint density at radius 2 is 1.95 bits per heavy atom. The van der Waals surface area contributed by atoms with E-state index < -0.39 is 5.97 Å². The summed E-state index contributed by atoms with van der Waals surface area (Å²) in [6.07, 6.45) is 6.65. The van der Waals surface area contributed by atoms with Gasteiger partial charge in [-0.1, -0.05) is 26.0 Å². The number of anilines is 1. The monoisotopic (exact) mass is 287 g/mol. The van der Waals surface area contributed by atoms with E-state index in [9.17, 15) is 4.79 Å². The van der Waals surface area contributed by atoms with Crippen molar-refractivity contribution in [3.05, 3.63) is 35.9 Å². The van der Waals surface area contributed by atoms with Gasteiger partial charge in [0, 0.05) is 24.9 Å². The minimum atomic E-state index is -0.911. The summed E-state index contributed by atoms with van der Waals surface area (Å²) in [4.78, 5) is 13.0. The molecule has 0 radical (unpaired) electrons. The van der Waals surface area contributed by atoms with E-state index in [1.165, 1.54) is 31.0 Å². The van der Waals surface area contributed by atoms with Crippen LogP contribution in [0.3, 0.4) is 0 Å². The molecular formula is C18H25NO2. The number of hydrogen-bond donors (Lipinski definition) is 1. The van der Waals surface area contributed by atoms with E-state index in [4.69, 9.17) is 5.11 Å². The molecule has 2 rings (SSSR count). The van der Waals surface area contributed by atoms with Crippen LogP contribution >= 0.6 is 0 Å². The van der Waals surface area contributed by atoms with Crippen molar-refractivity contribution in [2.45, 2.75) is 33.1 Å². The van der Waals surface area contributed by atoms with E-state index in [1.54, 1.807) is 6.08 Å². The van der Waals surface area contributed by atoms with Gasteiger partial charge < -0.3 is 10.0 Å². The predicted molar refractivity (Wildman–Crippen MR) is 87.5 cm³/mol. The molecule has 0 aromatic heterocycles. The normalized spacial score (nSPS) is 20.0. The summed E-state index contributed by atoms with van der Waals surface area (Å²) >= 11 is 0. The van der Waals surface area contributed by atoms with E-state index in [-0.39, 0.29) is 0 Å². The number of hydrogen-bond acceptors (Lipinski definition) is 2. The Bertz CT molecular complexity index is 490. The van der Waals surface area contributed by atoms with Crippen LogP contribution in [0.25, 0.3) is 6.08 Å². The number of benzene rings is 1. The van der Waals surface area contributed by atoms with Gasteiger partial charge >= 0.3 is 5.97 Å². The van der Waals surface area contributed by atoms with Crippen molar-refractivity contribution in [3.8, 4) is 0 Å². The van der Waals surface area contributed by atoms with Crippen LogP contribution in [0.5, 0.6) is 0 Å². The van der Waals surface area contributed by atoms with E-state index >= 15 is 0 Å². The smallest absolute Gasteiger partial charge is 0.328 e. The van der Waals surface area contributed by atoms with Crippen LogP contribution < -0.4 is 4.90 Å². The highest BCUT2D eigenvalue weighted by Crippen LogP contribution is 2.27. The topological polar surface area (TPSA) is 40.5 Å². The molecule has 3 nitrogen and oxygen atoms in total. The molecule has 1 saturated heterocycles. The summed E-state index contributed by atoms with van der Waals surface area (Å²) in [5.41, 5.74) is 2.17. The first-order chi connectivity index (χ1) is 10.1. The largest absolute Gasteiger partial charge is 0.478 e. The second kappa shape index (κ2) is 7.30. The van der Waals surface area contributed by atoms with Gasteiger partial charge in [0.15, 0.2) is 0 Å². The molecule has 1 fully saturated rings. The number of carboxylic acids is 1. The Morgan fingerprint density at radius 3 is 2.57 bits per heavy atom. The maximum absolute atomic E-state index is 10.5. The van der Waals surface area contributed by atoms with Gasteiger partial charge in [0.25, 0.3) is 0 Å². The van der Waals surface area contributed by atoms with Crippen molar-refractivity contribution in [1.29, 1.82) is 0 Å². The molecule has 1 N–H and O–H groups in total. The third-order valence-corrected chi connectivity index (χ3v) is 4.39. The number of carbonyl (C=O) groups is 1. The van der Waals surface area contributed by atoms with Crippen LogP contribution in [0.15, 0.2) is 30.3 Å².